The van der Waals surface area contributed by atoms with Crippen molar-refractivity contribution in [2.24, 2.45) is 0 Å². The number of aliphatic hydroxyl groups excluding tert-OH is 1. The monoisotopic (exact) mass is 204 g/mol. The zero-order chi connectivity index (χ0) is 10.7. The van der Waals surface area contributed by atoms with Crippen LogP contribution in [0.25, 0.3) is 0 Å². The number of aliphatic hydroxyl groups is 1. The predicted molar refractivity (Wildman–Crippen MR) is 47.5 cm³/mol. The van der Waals surface area contributed by atoms with E-state index in [0.717, 1.165) is 0 Å². The number of carbonyl (C=O) groups excluding carboxylic acids is 1. The Morgan fingerprint density at radius 2 is 2.29 bits per heavy atom. The average molecular weight is 204 g/mol. The van der Waals surface area contributed by atoms with Gasteiger partial charge in [-0.05, 0) is 6.92 Å². The van der Waals surface area contributed by atoms with E-state index in [1.807, 2.05) is 6.92 Å². The number of hydrogen-bond donors (Lipinski definition) is 1. The Morgan fingerprint density at radius 3 is 2.79 bits per heavy atom. The fourth-order valence-electron chi connectivity index (χ4n) is 1.44. The van der Waals surface area contributed by atoms with Crippen molar-refractivity contribution in [3.05, 3.63) is 0 Å². The molecule has 1 aliphatic rings. The van der Waals surface area contributed by atoms with Crippen molar-refractivity contribution in [3.8, 4) is 0 Å². The Bertz CT molecular complexity index is 205. The van der Waals surface area contributed by atoms with Gasteiger partial charge < -0.3 is 19.3 Å². The molecule has 0 aromatic carbocycles. The van der Waals surface area contributed by atoms with Crippen LogP contribution in [0.3, 0.4) is 0 Å². The second kappa shape index (κ2) is 4.72. The van der Waals surface area contributed by atoms with Crippen LogP contribution < -0.4 is 0 Å². The van der Waals surface area contributed by atoms with Crippen LogP contribution in [0.4, 0.5) is 0 Å². The Kier molecular flexibility index (Phi) is 3.86. The standard InChI is InChI=1S/C9H16O5/c1-5(12-3)7-4-8(9(11)14-7)13-6(2)10/h5,7-9,11H,4H2,1-3H3. The predicted octanol–water partition coefficient (Wildman–Crippen LogP) is 0.0603. The van der Waals surface area contributed by atoms with Gasteiger partial charge in [0.25, 0.3) is 0 Å². The number of carbonyl (C=O) groups is 1. The Hall–Kier alpha value is -0.650. The third-order valence-electron chi connectivity index (χ3n) is 2.31. The number of hydrogen-bond acceptors (Lipinski definition) is 5. The first-order valence-electron chi connectivity index (χ1n) is 4.58. The minimum Gasteiger partial charge on any atom is -0.457 e. The topological polar surface area (TPSA) is 65.0 Å². The van der Waals surface area contributed by atoms with E-state index in [4.69, 9.17) is 14.2 Å². The van der Waals surface area contributed by atoms with E-state index in [0.29, 0.717) is 6.42 Å². The number of ether oxygens (including phenoxy) is 3. The van der Waals surface area contributed by atoms with Gasteiger partial charge in [-0.15, -0.1) is 0 Å². The van der Waals surface area contributed by atoms with Crippen molar-refractivity contribution in [1.29, 1.82) is 0 Å². The molecule has 1 aliphatic heterocycles. The third-order valence-corrected chi connectivity index (χ3v) is 2.31. The fourth-order valence-corrected chi connectivity index (χ4v) is 1.44. The van der Waals surface area contributed by atoms with Gasteiger partial charge in [-0.2, -0.15) is 0 Å². The normalized spacial score (nSPS) is 34.1. The van der Waals surface area contributed by atoms with Crippen LogP contribution >= 0.6 is 0 Å². The van der Waals surface area contributed by atoms with E-state index in [1.165, 1.54) is 6.92 Å². The van der Waals surface area contributed by atoms with E-state index < -0.39 is 18.4 Å². The Labute approximate surface area is 82.9 Å². The van der Waals surface area contributed by atoms with Gasteiger partial charge in [0.15, 0.2) is 12.4 Å². The molecule has 1 heterocycles. The second-order valence-electron chi connectivity index (χ2n) is 3.39. The molecule has 4 unspecified atom stereocenters. The van der Waals surface area contributed by atoms with E-state index in [-0.39, 0.29) is 12.2 Å². The zero-order valence-electron chi connectivity index (χ0n) is 8.60. The highest BCUT2D eigenvalue weighted by atomic mass is 16.7. The summed E-state index contributed by atoms with van der Waals surface area (Å²) in [6, 6.07) is 0. The highest BCUT2D eigenvalue weighted by Crippen LogP contribution is 2.24. The number of rotatable bonds is 3. The molecule has 0 aromatic rings. The van der Waals surface area contributed by atoms with Crippen LogP contribution in [0.2, 0.25) is 0 Å². The molecule has 14 heavy (non-hydrogen) atoms. The fraction of sp³-hybridized carbons (Fsp3) is 0.889. The van der Waals surface area contributed by atoms with Crippen LogP contribution in [0.1, 0.15) is 20.3 Å². The first-order valence-corrected chi connectivity index (χ1v) is 4.58. The van der Waals surface area contributed by atoms with Gasteiger partial charge in [-0.3, -0.25) is 4.79 Å². The highest BCUT2D eigenvalue weighted by molar-refractivity contribution is 5.66. The van der Waals surface area contributed by atoms with Crippen LogP contribution in [-0.4, -0.2) is 42.8 Å². The molecule has 0 aromatic heterocycles. The van der Waals surface area contributed by atoms with Crippen molar-refractivity contribution in [2.75, 3.05) is 7.11 Å². The van der Waals surface area contributed by atoms with E-state index in [2.05, 4.69) is 0 Å². The Morgan fingerprint density at radius 1 is 1.64 bits per heavy atom. The molecule has 0 bridgehead atoms. The smallest absolute Gasteiger partial charge is 0.303 e. The summed E-state index contributed by atoms with van der Waals surface area (Å²) in [6.45, 7) is 3.15. The average Bonchev–Trinajstić information content (AvgIpc) is 2.46. The van der Waals surface area contributed by atoms with Gasteiger partial charge in [0.05, 0.1) is 12.2 Å². The molecule has 5 heteroatoms. The zero-order valence-corrected chi connectivity index (χ0v) is 8.60. The summed E-state index contributed by atoms with van der Waals surface area (Å²) in [7, 11) is 1.57. The minimum absolute atomic E-state index is 0.120. The summed E-state index contributed by atoms with van der Waals surface area (Å²) in [5.74, 6) is -0.414. The first-order chi connectivity index (χ1) is 6.54. The molecule has 1 N–H and O–H groups in total. The molecule has 0 radical (unpaired) electrons. The molecular formula is C9H16O5. The summed E-state index contributed by atoms with van der Waals surface area (Å²) >= 11 is 0. The van der Waals surface area contributed by atoms with E-state index >= 15 is 0 Å². The quantitative estimate of drug-likeness (QED) is 0.658. The molecule has 5 nitrogen and oxygen atoms in total. The van der Waals surface area contributed by atoms with Crippen molar-refractivity contribution < 1.29 is 24.1 Å². The molecule has 1 fully saturated rings. The maximum absolute atomic E-state index is 10.7. The second-order valence-corrected chi connectivity index (χ2v) is 3.39. The number of methoxy groups -OCH3 is 1. The molecule has 1 saturated heterocycles. The van der Waals surface area contributed by atoms with Crippen molar-refractivity contribution in [3.63, 3.8) is 0 Å². The molecule has 0 aliphatic carbocycles. The lowest BCUT2D eigenvalue weighted by Crippen LogP contribution is -2.25. The van der Waals surface area contributed by atoms with Gasteiger partial charge in [0, 0.05) is 20.5 Å². The summed E-state index contributed by atoms with van der Waals surface area (Å²) < 4.78 is 15.1. The molecular weight excluding hydrogens is 188 g/mol. The lowest BCUT2D eigenvalue weighted by molar-refractivity contribution is -0.172. The van der Waals surface area contributed by atoms with Gasteiger partial charge in [0.2, 0.25) is 0 Å². The molecule has 0 spiro atoms. The van der Waals surface area contributed by atoms with E-state index in [1.54, 1.807) is 7.11 Å². The number of esters is 1. The lowest BCUT2D eigenvalue weighted by Gasteiger charge is -2.16. The van der Waals surface area contributed by atoms with Crippen LogP contribution in [0.15, 0.2) is 0 Å². The van der Waals surface area contributed by atoms with Gasteiger partial charge >= 0.3 is 5.97 Å². The van der Waals surface area contributed by atoms with Crippen molar-refractivity contribution >= 4 is 5.97 Å². The lowest BCUT2D eigenvalue weighted by atomic mass is 10.1. The maximum atomic E-state index is 10.7. The SMILES string of the molecule is COC(C)C1CC(OC(C)=O)C(O)O1. The molecule has 0 saturated carbocycles. The molecule has 4 atom stereocenters. The summed E-state index contributed by atoms with van der Waals surface area (Å²) in [5, 5.41) is 9.40. The first kappa shape index (κ1) is 11.4. The van der Waals surface area contributed by atoms with Crippen molar-refractivity contribution in [2.45, 2.75) is 44.9 Å². The van der Waals surface area contributed by atoms with Gasteiger partial charge in [0.1, 0.15) is 0 Å². The Balaban J connectivity index is 2.46. The van der Waals surface area contributed by atoms with Crippen LogP contribution in [-0.2, 0) is 19.0 Å². The molecule has 82 valence electrons. The van der Waals surface area contributed by atoms with Gasteiger partial charge in [-0.25, -0.2) is 0 Å². The summed E-state index contributed by atoms with van der Waals surface area (Å²) in [5.41, 5.74) is 0. The third kappa shape index (κ3) is 2.67. The highest BCUT2D eigenvalue weighted by Gasteiger charge is 2.38. The largest absolute Gasteiger partial charge is 0.457 e. The van der Waals surface area contributed by atoms with Gasteiger partial charge in [-0.1, -0.05) is 0 Å². The molecule has 1 rings (SSSR count). The minimum atomic E-state index is -1.04. The van der Waals surface area contributed by atoms with Crippen LogP contribution in [0.5, 0.6) is 0 Å². The summed E-state index contributed by atoms with van der Waals surface area (Å²) in [4.78, 5) is 10.7. The van der Waals surface area contributed by atoms with Crippen molar-refractivity contribution in [1.82, 2.24) is 0 Å². The summed E-state index contributed by atoms with van der Waals surface area (Å²) in [6.07, 6.45) is -1.49. The molecule has 0 amide bonds. The van der Waals surface area contributed by atoms with E-state index in [9.17, 15) is 9.90 Å². The maximum Gasteiger partial charge on any atom is 0.303 e. The van der Waals surface area contributed by atoms with Crippen LogP contribution in [0, 0.1) is 0 Å².